The molecule has 0 aromatic heterocycles. The lowest BCUT2D eigenvalue weighted by molar-refractivity contribution is -0.167. The molecule has 5 rings (SSSR count). The minimum Gasteiger partial charge on any atom is -0.336 e. The average molecular weight is 565 g/mol. The number of carbonyl (C=O) groups is 4. The predicted molar refractivity (Wildman–Crippen MR) is 143 cm³/mol. The van der Waals surface area contributed by atoms with Crippen molar-refractivity contribution in [2.75, 3.05) is 25.0 Å². The molecular formula is C30H27F3N4O4. The summed E-state index contributed by atoms with van der Waals surface area (Å²) in [5.41, 5.74) is 1.63. The van der Waals surface area contributed by atoms with Crippen LogP contribution in [0.1, 0.15) is 40.9 Å². The van der Waals surface area contributed by atoms with Crippen molar-refractivity contribution in [2.45, 2.75) is 32.0 Å². The van der Waals surface area contributed by atoms with Crippen molar-refractivity contribution in [1.29, 1.82) is 0 Å². The Morgan fingerprint density at radius 3 is 2.39 bits per heavy atom. The number of ketones is 1. The summed E-state index contributed by atoms with van der Waals surface area (Å²) in [6, 6.07) is 13.5. The number of urea groups is 1. The number of anilines is 1. The van der Waals surface area contributed by atoms with Crippen molar-refractivity contribution in [3.05, 3.63) is 101 Å². The maximum absolute atomic E-state index is 14.3. The quantitative estimate of drug-likeness (QED) is 0.446. The third-order valence-corrected chi connectivity index (χ3v) is 7.37. The van der Waals surface area contributed by atoms with Gasteiger partial charge in [0.1, 0.15) is 18.0 Å². The van der Waals surface area contributed by atoms with Crippen molar-refractivity contribution in [3.63, 3.8) is 0 Å². The fourth-order valence-corrected chi connectivity index (χ4v) is 5.26. The fourth-order valence-electron chi connectivity index (χ4n) is 5.26. The molecule has 2 heterocycles. The van der Waals surface area contributed by atoms with Crippen LogP contribution in [0.3, 0.4) is 0 Å². The molecule has 2 fully saturated rings. The standard InChI is InChI=1S/C30H27F3N4O4/c1-18(38)20-5-8-23(9-6-20)34-30(41)36-14-12-27(39)37-26(36)17-35(13-11-19-3-2-4-22(31)15-19)29(40)28(37)21-7-10-24(32)25(33)16-21/h2-10,15-16,26,28H,11-14,17H2,1H3,(H,34,41). The molecule has 3 aromatic rings. The number of fused-ring (bicyclic) bond motifs is 1. The number of benzene rings is 3. The lowest BCUT2D eigenvalue weighted by Gasteiger charge is -2.52. The van der Waals surface area contributed by atoms with E-state index in [1.165, 1.54) is 39.8 Å². The Bertz CT molecular complexity index is 1510. The van der Waals surface area contributed by atoms with E-state index >= 15 is 0 Å². The Morgan fingerprint density at radius 1 is 0.951 bits per heavy atom. The Morgan fingerprint density at radius 2 is 1.71 bits per heavy atom. The number of nitrogens with one attached hydrogen (secondary N) is 1. The monoisotopic (exact) mass is 564 g/mol. The molecule has 2 aliphatic heterocycles. The van der Waals surface area contributed by atoms with E-state index in [0.29, 0.717) is 23.2 Å². The van der Waals surface area contributed by atoms with Crippen LogP contribution in [0.25, 0.3) is 0 Å². The summed E-state index contributed by atoms with van der Waals surface area (Å²) in [5, 5.41) is 2.77. The largest absolute Gasteiger partial charge is 0.336 e. The summed E-state index contributed by atoms with van der Waals surface area (Å²) in [5.74, 6) is -3.73. The topological polar surface area (TPSA) is 90.0 Å². The van der Waals surface area contributed by atoms with Gasteiger partial charge >= 0.3 is 6.03 Å². The first-order chi connectivity index (χ1) is 19.6. The molecule has 3 aromatic carbocycles. The minimum atomic E-state index is -1.30. The van der Waals surface area contributed by atoms with Crippen molar-refractivity contribution < 1.29 is 32.3 Å². The smallest absolute Gasteiger partial charge is 0.323 e. The molecule has 0 radical (unpaired) electrons. The summed E-state index contributed by atoms with van der Waals surface area (Å²) < 4.78 is 41.8. The molecule has 212 valence electrons. The second-order valence-electron chi connectivity index (χ2n) is 10.0. The van der Waals surface area contributed by atoms with Gasteiger partial charge in [0.05, 0.1) is 6.54 Å². The molecule has 4 amide bonds. The minimum absolute atomic E-state index is 0.0310. The van der Waals surface area contributed by atoms with Gasteiger partial charge in [-0.1, -0.05) is 18.2 Å². The summed E-state index contributed by atoms with van der Waals surface area (Å²) in [4.78, 5) is 56.2. The van der Waals surface area contributed by atoms with Crippen LogP contribution >= 0.6 is 0 Å². The van der Waals surface area contributed by atoms with Crippen LogP contribution in [0.15, 0.2) is 66.7 Å². The third kappa shape index (κ3) is 5.79. The summed E-state index contributed by atoms with van der Waals surface area (Å²) in [7, 11) is 0. The number of hydrogen-bond donors (Lipinski definition) is 1. The molecule has 41 heavy (non-hydrogen) atoms. The highest BCUT2D eigenvalue weighted by molar-refractivity contribution is 5.96. The van der Waals surface area contributed by atoms with Crippen LogP contribution in [0.4, 0.5) is 23.7 Å². The van der Waals surface area contributed by atoms with Crippen molar-refractivity contribution >= 4 is 29.3 Å². The molecule has 11 heteroatoms. The van der Waals surface area contributed by atoms with E-state index in [0.717, 1.165) is 12.1 Å². The molecule has 8 nitrogen and oxygen atoms in total. The van der Waals surface area contributed by atoms with E-state index in [1.54, 1.807) is 36.4 Å². The first-order valence-corrected chi connectivity index (χ1v) is 13.1. The Balaban J connectivity index is 1.46. The van der Waals surface area contributed by atoms with Gasteiger partial charge < -0.3 is 20.0 Å². The van der Waals surface area contributed by atoms with E-state index in [4.69, 9.17) is 0 Å². The Kier molecular flexibility index (Phi) is 7.78. The van der Waals surface area contributed by atoms with Crippen LogP contribution in [0.5, 0.6) is 0 Å². The van der Waals surface area contributed by atoms with Crippen LogP contribution < -0.4 is 5.32 Å². The lowest BCUT2D eigenvalue weighted by Crippen LogP contribution is -2.69. The van der Waals surface area contributed by atoms with Gasteiger partial charge in [0.2, 0.25) is 11.8 Å². The first kappa shape index (κ1) is 27.9. The predicted octanol–water partition coefficient (Wildman–Crippen LogP) is 4.53. The van der Waals surface area contributed by atoms with Crippen LogP contribution in [-0.4, -0.2) is 64.1 Å². The van der Waals surface area contributed by atoms with Crippen molar-refractivity contribution in [2.24, 2.45) is 0 Å². The Labute approximate surface area is 234 Å². The van der Waals surface area contributed by atoms with Crippen LogP contribution in [-0.2, 0) is 16.0 Å². The highest BCUT2D eigenvalue weighted by atomic mass is 19.2. The van der Waals surface area contributed by atoms with Crippen LogP contribution in [0.2, 0.25) is 0 Å². The maximum atomic E-state index is 14.3. The second-order valence-corrected chi connectivity index (χ2v) is 10.0. The van der Waals surface area contributed by atoms with E-state index < -0.39 is 47.5 Å². The highest BCUT2D eigenvalue weighted by Crippen LogP contribution is 2.35. The van der Waals surface area contributed by atoms with E-state index in [9.17, 15) is 32.3 Å². The number of hydrogen-bond acceptors (Lipinski definition) is 4. The van der Waals surface area contributed by atoms with Crippen molar-refractivity contribution in [1.82, 2.24) is 14.7 Å². The zero-order valence-corrected chi connectivity index (χ0v) is 22.1. The van der Waals surface area contributed by atoms with E-state index in [1.807, 2.05) is 0 Å². The van der Waals surface area contributed by atoms with Gasteiger partial charge in [-0.15, -0.1) is 0 Å². The van der Waals surface area contributed by atoms with E-state index in [-0.39, 0.29) is 37.4 Å². The molecular weight excluding hydrogens is 537 g/mol. The number of carbonyl (C=O) groups excluding carboxylic acids is 4. The first-order valence-electron chi connectivity index (χ1n) is 13.1. The number of piperazine rings is 1. The zero-order valence-electron chi connectivity index (χ0n) is 22.1. The summed E-state index contributed by atoms with van der Waals surface area (Å²) in [6.45, 7) is 1.61. The van der Waals surface area contributed by atoms with Gasteiger partial charge in [-0.2, -0.15) is 0 Å². The lowest BCUT2D eigenvalue weighted by atomic mass is 9.96. The number of rotatable bonds is 6. The van der Waals surface area contributed by atoms with Crippen molar-refractivity contribution in [3.8, 4) is 0 Å². The average Bonchev–Trinajstić information content (AvgIpc) is 2.94. The number of halogens is 3. The van der Waals surface area contributed by atoms with Gasteiger partial charge in [-0.05, 0) is 73.0 Å². The second kappa shape index (κ2) is 11.4. The van der Waals surface area contributed by atoms with Crippen LogP contribution in [0, 0.1) is 17.5 Å². The number of Topliss-reactive ketones (excluding diaryl/α,β-unsaturated/α-hetero) is 1. The summed E-state index contributed by atoms with van der Waals surface area (Å²) >= 11 is 0. The zero-order chi connectivity index (χ0) is 29.3. The normalized spacial score (nSPS) is 18.8. The molecule has 1 N–H and O–H groups in total. The molecule has 2 saturated heterocycles. The fraction of sp³-hybridized carbons (Fsp3) is 0.267. The molecule has 0 aliphatic carbocycles. The van der Waals surface area contributed by atoms with Gasteiger partial charge in [-0.25, -0.2) is 18.0 Å². The molecule has 2 unspecified atom stereocenters. The SMILES string of the molecule is CC(=O)c1ccc(NC(=O)N2CCC(=O)N3C(c4ccc(F)c(F)c4)C(=O)N(CCc4cccc(F)c4)CC23)cc1. The third-order valence-electron chi connectivity index (χ3n) is 7.37. The number of amides is 4. The molecule has 0 spiro atoms. The van der Waals surface area contributed by atoms with E-state index in [2.05, 4.69) is 5.32 Å². The summed E-state index contributed by atoms with van der Waals surface area (Å²) in [6.07, 6.45) is -0.691. The Hall–Kier alpha value is -4.67. The molecule has 0 bridgehead atoms. The molecule has 2 aliphatic rings. The highest BCUT2D eigenvalue weighted by Gasteiger charge is 2.49. The number of nitrogens with zero attached hydrogens (tertiary/aromatic N) is 3. The molecule has 0 saturated carbocycles. The van der Waals surface area contributed by atoms with Gasteiger partial charge in [0, 0.05) is 30.8 Å². The van der Waals surface area contributed by atoms with Gasteiger partial charge in [-0.3, -0.25) is 14.4 Å². The van der Waals surface area contributed by atoms with Gasteiger partial charge in [0.25, 0.3) is 0 Å². The maximum Gasteiger partial charge on any atom is 0.323 e. The van der Waals surface area contributed by atoms with Gasteiger partial charge in [0.15, 0.2) is 17.4 Å². The molecule has 2 atom stereocenters.